The molecule has 0 unspecified atom stereocenters. The summed E-state index contributed by atoms with van der Waals surface area (Å²) in [6, 6.07) is 7.25. The molecule has 1 aromatic carbocycles. The fourth-order valence-electron chi connectivity index (χ4n) is 1.66. The number of benzene rings is 1. The van der Waals surface area contributed by atoms with Gasteiger partial charge in [0.1, 0.15) is 11.5 Å². The smallest absolute Gasteiger partial charge is 0.223 e. The first-order valence-electron chi connectivity index (χ1n) is 6.90. The number of aliphatic hydroxyl groups excluding tert-OH is 1. The SMILES string of the molecule is COc1ccc(OCCC(=O)NCCCCCO)cc1. The van der Waals surface area contributed by atoms with Crippen LogP contribution in [0.15, 0.2) is 24.3 Å². The molecule has 0 radical (unpaired) electrons. The number of carbonyl (C=O) groups excluding carboxylic acids is 1. The van der Waals surface area contributed by atoms with Gasteiger partial charge >= 0.3 is 0 Å². The van der Waals surface area contributed by atoms with Gasteiger partial charge in [-0.25, -0.2) is 0 Å². The first-order chi connectivity index (χ1) is 9.76. The zero-order chi connectivity index (χ0) is 14.6. The lowest BCUT2D eigenvalue weighted by Crippen LogP contribution is -2.25. The van der Waals surface area contributed by atoms with E-state index in [2.05, 4.69) is 5.32 Å². The van der Waals surface area contributed by atoms with Gasteiger partial charge in [0.25, 0.3) is 0 Å². The molecule has 112 valence electrons. The number of hydrogen-bond acceptors (Lipinski definition) is 4. The van der Waals surface area contributed by atoms with E-state index in [0.717, 1.165) is 30.8 Å². The Bertz CT molecular complexity index is 378. The second kappa shape index (κ2) is 10.1. The second-order valence-electron chi connectivity index (χ2n) is 4.41. The topological polar surface area (TPSA) is 67.8 Å². The van der Waals surface area contributed by atoms with Gasteiger partial charge in [0.15, 0.2) is 0 Å². The van der Waals surface area contributed by atoms with Gasteiger partial charge in [0, 0.05) is 13.2 Å². The van der Waals surface area contributed by atoms with E-state index in [4.69, 9.17) is 14.6 Å². The van der Waals surface area contributed by atoms with Crippen molar-refractivity contribution in [2.45, 2.75) is 25.7 Å². The lowest BCUT2D eigenvalue weighted by Gasteiger charge is -2.08. The van der Waals surface area contributed by atoms with Crippen LogP contribution in [0.1, 0.15) is 25.7 Å². The molecule has 0 spiro atoms. The fourth-order valence-corrected chi connectivity index (χ4v) is 1.66. The molecule has 0 bridgehead atoms. The van der Waals surface area contributed by atoms with Crippen molar-refractivity contribution in [2.75, 3.05) is 26.9 Å². The summed E-state index contributed by atoms with van der Waals surface area (Å²) < 4.78 is 10.5. The van der Waals surface area contributed by atoms with Crippen LogP contribution in [0, 0.1) is 0 Å². The van der Waals surface area contributed by atoms with Crippen LogP contribution in [-0.4, -0.2) is 37.9 Å². The van der Waals surface area contributed by atoms with Gasteiger partial charge in [-0.05, 0) is 43.5 Å². The third kappa shape index (κ3) is 6.99. The maximum Gasteiger partial charge on any atom is 0.223 e. The first kappa shape index (κ1) is 16.3. The van der Waals surface area contributed by atoms with Crippen molar-refractivity contribution in [3.05, 3.63) is 24.3 Å². The third-order valence-electron chi connectivity index (χ3n) is 2.81. The number of unbranched alkanes of at least 4 members (excludes halogenated alkanes) is 2. The molecule has 5 heteroatoms. The normalized spacial score (nSPS) is 10.1. The van der Waals surface area contributed by atoms with Crippen LogP contribution in [0.2, 0.25) is 0 Å². The van der Waals surface area contributed by atoms with E-state index in [9.17, 15) is 4.79 Å². The Balaban J connectivity index is 2.08. The summed E-state index contributed by atoms with van der Waals surface area (Å²) in [5, 5.41) is 11.4. The van der Waals surface area contributed by atoms with E-state index in [0.29, 0.717) is 19.6 Å². The number of ether oxygens (including phenoxy) is 2. The minimum atomic E-state index is -0.0116. The van der Waals surface area contributed by atoms with Gasteiger partial charge in [-0.1, -0.05) is 0 Å². The molecule has 1 rings (SSSR count). The number of carbonyl (C=O) groups is 1. The molecule has 0 heterocycles. The quantitative estimate of drug-likeness (QED) is 0.641. The highest BCUT2D eigenvalue weighted by molar-refractivity contribution is 5.75. The van der Waals surface area contributed by atoms with Crippen molar-refractivity contribution in [3.8, 4) is 11.5 Å². The van der Waals surface area contributed by atoms with Gasteiger partial charge in [-0.3, -0.25) is 4.79 Å². The Morgan fingerprint density at radius 3 is 2.50 bits per heavy atom. The summed E-state index contributed by atoms with van der Waals surface area (Å²) in [4.78, 5) is 11.5. The van der Waals surface area contributed by atoms with E-state index in [1.54, 1.807) is 7.11 Å². The summed E-state index contributed by atoms with van der Waals surface area (Å²) in [5.74, 6) is 1.49. The lowest BCUT2D eigenvalue weighted by molar-refractivity contribution is -0.121. The van der Waals surface area contributed by atoms with Gasteiger partial charge in [-0.15, -0.1) is 0 Å². The molecule has 1 aromatic rings. The molecule has 2 N–H and O–H groups in total. The Kier molecular flexibility index (Phi) is 8.22. The van der Waals surface area contributed by atoms with E-state index >= 15 is 0 Å². The van der Waals surface area contributed by atoms with Gasteiger partial charge in [0.2, 0.25) is 5.91 Å². The van der Waals surface area contributed by atoms with Crippen molar-refractivity contribution in [1.29, 1.82) is 0 Å². The van der Waals surface area contributed by atoms with Gasteiger partial charge in [-0.2, -0.15) is 0 Å². The monoisotopic (exact) mass is 281 g/mol. The predicted octanol–water partition coefficient (Wildman–Crippen LogP) is 1.74. The first-order valence-corrected chi connectivity index (χ1v) is 6.90. The Labute approximate surface area is 119 Å². The van der Waals surface area contributed by atoms with Crippen LogP contribution in [-0.2, 0) is 4.79 Å². The van der Waals surface area contributed by atoms with Crippen LogP contribution in [0.3, 0.4) is 0 Å². The van der Waals surface area contributed by atoms with E-state index in [-0.39, 0.29) is 12.5 Å². The Hall–Kier alpha value is -1.75. The fraction of sp³-hybridized carbons (Fsp3) is 0.533. The van der Waals surface area contributed by atoms with Crippen LogP contribution in [0.5, 0.6) is 11.5 Å². The van der Waals surface area contributed by atoms with Crippen molar-refractivity contribution in [3.63, 3.8) is 0 Å². The minimum Gasteiger partial charge on any atom is -0.497 e. The molecule has 1 amide bonds. The molecule has 0 aliphatic heterocycles. The maximum atomic E-state index is 11.5. The van der Waals surface area contributed by atoms with Gasteiger partial charge in [0.05, 0.1) is 20.1 Å². The zero-order valence-electron chi connectivity index (χ0n) is 11.9. The highest BCUT2D eigenvalue weighted by atomic mass is 16.5. The van der Waals surface area contributed by atoms with Crippen LogP contribution >= 0.6 is 0 Å². The summed E-state index contributed by atoms with van der Waals surface area (Å²) >= 11 is 0. The Morgan fingerprint density at radius 1 is 1.15 bits per heavy atom. The molecule has 0 aliphatic carbocycles. The molecule has 5 nitrogen and oxygen atoms in total. The summed E-state index contributed by atoms with van der Waals surface area (Å²) in [6.07, 6.45) is 2.95. The van der Waals surface area contributed by atoms with Crippen molar-refractivity contribution in [2.24, 2.45) is 0 Å². The minimum absolute atomic E-state index is 0.0116. The standard InChI is InChI=1S/C15H23NO4/c1-19-13-5-7-14(8-6-13)20-12-9-15(18)16-10-3-2-4-11-17/h5-8,17H,2-4,9-12H2,1H3,(H,16,18). The molecule has 0 atom stereocenters. The number of amides is 1. The summed E-state index contributed by atoms with van der Waals surface area (Å²) in [7, 11) is 1.61. The van der Waals surface area contributed by atoms with Crippen molar-refractivity contribution in [1.82, 2.24) is 5.32 Å². The number of hydrogen-bond donors (Lipinski definition) is 2. The zero-order valence-corrected chi connectivity index (χ0v) is 11.9. The van der Waals surface area contributed by atoms with E-state index in [1.165, 1.54) is 0 Å². The number of nitrogens with one attached hydrogen (secondary N) is 1. The number of rotatable bonds is 10. The number of aliphatic hydroxyl groups is 1. The molecule has 0 aliphatic rings. The third-order valence-corrected chi connectivity index (χ3v) is 2.81. The van der Waals surface area contributed by atoms with Crippen LogP contribution < -0.4 is 14.8 Å². The predicted molar refractivity (Wildman–Crippen MR) is 77.1 cm³/mol. The van der Waals surface area contributed by atoms with Crippen LogP contribution in [0.25, 0.3) is 0 Å². The lowest BCUT2D eigenvalue weighted by atomic mass is 10.2. The average molecular weight is 281 g/mol. The molecule has 0 saturated heterocycles. The highest BCUT2D eigenvalue weighted by Gasteiger charge is 2.01. The van der Waals surface area contributed by atoms with Crippen molar-refractivity contribution >= 4 is 5.91 Å². The maximum absolute atomic E-state index is 11.5. The van der Waals surface area contributed by atoms with Gasteiger partial charge < -0.3 is 19.9 Å². The van der Waals surface area contributed by atoms with Crippen LogP contribution in [0.4, 0.5) is 0 Å². The van der Waals surface area contributed by atoms with Crippen molar-refractivity contribution < 1.29 is 19.4 Å². The summed E-state index contributed by atoms with van der Waals surface area (Å²) in [6.45, 7) is 1.22. The van der Waals surface area contributed by atoms with E-state index < -0.39 is 0 Å². The number of methoxy groups -OCH3 is 1. The largest absolute Gasteiger partial charge is 0.497 e. The molecule has 0 saturated carbocycles. The molecule has 0 aromatic heterocycles. The second-order valence-corrected chi connectivity index (χ2v) is 4.41. The Morgan fingerprint density at radius 2 is 1.85 bits per heavy atom. The molecule has 0 fully saturated rings. The highest BCUT2D eigenvalue weighted by Crippen LogP contribution is 2.16. The molecular formula is C15H23NO4. The van der Waals surface area contributed by atoms with E-state index in [1.807, 2.05) is 24.3 Å². The average Bonchev–Trinajstić information content (AvgIpc) is 2.48. The molecule has 20 heavy (non-hydrogen) atoms. The molecular weight excluding hydrogens is 258 g/mol. The summed E-state index contributed by atoms with van der Waals surface area (Å²) in [5.41, 5.74) is 0.